The van der Waals surface area contributed by atoms with Gasteiger partial charge in [0.05, 0.1) is 10.6 Å². The predicted molar refractivity (Wildman–Crippen MR) is 80.3 cm³/mol. The maximum Gasteiger partial charge on any atom is 0.417 e. The van der Waals surface area contributed by atoms with Gasteiger partial charge >= 0.3 is 6.18 Å². The number of carbonyl (C=O) groups is 1. The van der Waals surface area contributed by atoms with Gasteiger partial charge in [0.2, 0.25) is 0 Å². The number of ketones is 1. The molecule has 0 aliphatic rings. The monoisotopic (exact) mass is 319 g/mol. The lowest BCUT2D eigenvalue weighted by atomic mass is 10.2. The average Bonchev–Trinajstić information content (AvgIpc) is 2.44. The largest absolute Gasteiger partial charge is 0.417 e. The number of hydrogen-bond acceptors (Lipinski definition) is 3. The van der Waals surface area contributed by atoms with Gasteiger partial charge in [-0.25, -0.2) is 4.98 Å². The summed E-state index contributed by atoms with van der Waals surface area (Å²) in [5.74, 6) is 0.782. The molecule has 0 saturated heterocycles. The summed E-state index contributed by atoms with van der Waals surface area (Å²) in [5, 5.41) is 0.538. The van der Waals surface area contributed by atoms with Crippen molar-refractivity contribution in [2.75, 3.05) is 5.75 Å². The van der Waals surface area contributed by atoms with Gasteiger partial charge in [0.15, 0.2) is 5.78 Å². The number of allylic oxidation sites excluding steroid dienone is 2. The lowest BCUT2D eigenvalue weighted by molar-refractivity contribution is -0.137. The Morgan fingerprint density at radius 2 is 2.00 bits per heavy atom. The number of pyridine rings is 1. The van der Waals surface area contributed by atoms with E-state index >= 15 is 0 Å². The first-order valence-electron chi connectivity index (χ1n) is 6.64. The lowest BCUT2D eigenvalue weighted by Gasteiger charge is -2.08. The first-order chi connectivity index (χ1) is 9.79. The van der Waals surface area contributed by atoms with E-state index in [1.54, 1.807) is 6.08 Å². The number of halogens is 3. The van der Waals surface area contributed by atoms with Crippen molar-refractivity contribution in [3.05, 3.63) is 36.0 Å². The molecule has 0 bridgehead atoms. The Morgan fingerprint density at radius 3 is 2.43 bits per heavy atom. The zero-order chi connectivity index (χ0) is 16.5. The van der Waals surface area contributed by atoms with Crippen molar-refractivity contribution in [2.24, 2.45) is 5.92 Å². The van der Waals surface area contributed by atoms with Gasteiger partial charge in [-0.15, -0.1) is 11.8 Å². The smallest absolute Gasteiger partial charge is 0.295 e. The molecular weight excluding hydrogens is 299 g/mol. The molecule has 6 heteroatoms. The Morgan fingerprint density at radius 1 is 1.38 bits per heavy atom. The molecule has 0 N–H and O–H groups in total. The normalized spacial score (nSPS) is 12.7. The van der Waals surface area contributed by atoms with Crippen LogP contribution in [0, 0.1) is 5.92 Å². The van der Waals surface area contributed by atoms with Crippen LogP contribution in [0.4, 0.5) is 13.2 Å². The number of nitrogens with zero attached hydrogens (tertiary/aromatic N) is 1. The average molecular weight is 319 g/mol. The molecule has 1 rings (SSSR count). The van der Waals surface area contributed by atoms with Gasteiger partial charge in [0, 0.05) is 11.9 Å². The Labute approximate surface area is 127 Å². The van der Waals surface area contributed by atoms with Crippen molar-refractivity contribution in [3.63, 3.8) is 0 Å². The molecule has 0 amide bonds. The van der Waals surface area contributed by atoms with Crippen molar-refractivity contribution < 1.29 is 18.0 Å². The number of rotatable bonds is 5. The molecule has 1 aromatic heterocycles. The fraction of sp³-hybridized carbons (Fsp3) is 0.467. The minimum atomic E-state index is -4.35. The van der Waals surface area contributed by atoms with Gasteiger partial charge in [0.1, 0.15) is 0 Å². The summed E-state index contributed by atoms with van der Waals surface area (Å²) >= 11 is 1.36. The quantitative estimate of drug-likeness (QED) is 0.565. The molecule has 0 fully saturated rings. The summed E-state index contributed by atoms with van der Waals surface area (Å²) in [6, 6.07) is 2.38. The standard InChI is InChI=1S/C13H14F3NOS.C2H6/c1-9(3-4-10(2)18)8-19-12-6-5-11(7-17-12)13(14,15)16;1-2/h3-7,9H,8H2,1-2H3;1-2H3/b4-3+;. The number of carbonyl (C=O) groups excluding carboxylic acids is 1. The Kier molecular flexibility index (Phi) is 9.01. The highest BCUT2D eigenvalue weighted by atomic mass is 32.2. The summed E-state index contributed by atoms with van der Waals surface area (Å²) in [4.78, 5) is 14.5. The van der Waals surface area contributed by atoms with Crippen LogP contribution < -0.4 is 0 Å². The highest BCUT2D eigenvalue weighted by Crippen LogP contribution is 2.29. The zero-order valence-electron chi connectivity index (χ0n) is 12.6. The number of hydrogen-bond donors (Lipinski definition) is 0. The third kappa shape index (κ3) is 8.55. The van der Waals surface area contributed by atoms with Crippen LogP contribution >= 0.6 is 11.8 Å². The summed E-state index contributed by atoms with van der Waals surface area (Å²) in [6.45, 7) is 7.39. The van der Waals surface area contributed by atoms with E-state index in [2.05, 4.69) is 4.98 Å². The van der Waals surface area contributed by atoms with Gasteiger partial charge in [-0.05, 0) is 31.1 Å². The Bertz CT molecular complexity index is 455. The van der Waals surface area contributed by atoms with Gasteiger partial charge in [-0.2, -0.15) is 13.2 Å². The SMILES string of the molecule is CC.CC(=O)/C=C/C(C)CSc1ccc(C(F)(F)F)cn1. The van der Waals surface area contributed by atoms with Crippen molar-refractivity contribution in [3.8, 4) is 0 Å². The summed E-state index contributed by atoms with van der Waals surface area (Å²) < 4.78 is 37.0. The van der Waals surface area contributed by atoms with Gasteiger partial charge < -0.3 is 0 Å². The van der Waals surface area contributed by atoms with Crippen LogP contribution in [0.15, 0.2) is 35.5 Å². The molecule has 0 saturated carbocycles. The number of thioether (sulfide) groups is 1. The van der Waals surface area contributed by atoms with E-state index in [1.165, 1.54) is 30.8 Å². The van der Waals surface area contributed by atoms with Crippen LogP contribution in [0.2, 0.25) is 0 Å². The van der Waals surface area contributed by atoms with Gasteiger partial charge in [0.25, 0.3) is 0 Å². The van der Waals surface area contributed by atoms with E-state index in [0.29, 0.717) is 10.8 Å². The highest BCUT2D eigenvalue weighted by Gasteiger charge is 2.30. The maximum absolute atomic E-state index is 12.3. The van der Waals surface area contributed by atoms with E-state index in [0.717, 1.165) is 12.3 Å². The first kappa shape index (κ1) is 19.7. The Balaban J connectivity index is 0.00000191. The molecule has 0 aliphatic heterocycles. The fourth-order valence-corrected chi connectivity index (χ4v) is 2.04. The van der Waals surface area contributed by atoms with Gasteiger partial charge in [-0.3, -0.25) is 4.79 Å². The van der Waals surface area contributed by atoms with Gasteiger partial charge in [-0.1, -0.05) is 26.8 Å². The molecule has 1 unspecified atom stereocenters. The van der Waals surface area contributed by atoms with Crippen LogP contribution in [0.5, 0.6) is 0 Å². The minimum absolute atomic E-state index is 0.0236. The van der Waals surface area contributed by atoms with Crippen molar-refractivity contribution in [2.45, 2.75) is 38.9 Å². The van der Waals surface area contributed by atoms with E-state index in [-0.39, 0.29) is 11.7 Å². The molecule has 0 aromatic carbocycles. The molecule has 1 heterocycles. The first-order valence-corrected chi connectivity index (χ1v) is 7.62. The Hall–Kier alpha value is -1.30. The molecule has 21 heavy (non-hydrogen) atoms. The molecule has 1 aromatic rings. The fourth-order valence-electron chi connectivity index (χ4n) is 1.21. The highest BCUT2D eigenvalue weighted by molar-refractivity contribution is 7.99. The van der Waals surface area contributed by atoms with E-state index in [9.17, 15) is 18.0 Å². The summed E-state index contributed by atoms with van der Waals surface area (Å²) in [5.41, 5.74) is -0.749. The molecule has 0 spiro atoms. The van der Waals surface area contributed by atoms with E-state index < -0.39 is 11.7 Å². The lowest BCUT2D eigenvalue weighted by Crippen LogP contribution is -2.05. The second-order valence-corrected chi connectivity index (χ2v) is 5.18. The molecule has 1 atom stereocenters. The van der Waals surface area contributed by atoms with Crippen molar-refractivity contribution in [1.82, 2.24) is 4.98 Å². The van der Waals surface area contributed by atoms with Crippen LogP contribution in [0.1, 0.15) is 33.3 Å². The maximum atomic E-state index is 12.3. The van der Waals surface area contributed by atoms with Crippen molar-refractivity contribution in [1.29, 1.82) is 0 Å². The molecular formula is C15H20F3NOS. The van der Waals surface area contributed by atoms with Crippen molar-refractivity contribution >= 4 is 17.5 Å². The molecule has 118 valence electrons. The van der Waals surface area contributed by atoms with Crippen LogP contribution in [0.3, 0.4) is 0 Å². The van der Waals surface area contributed by atoms with Crippen LogP contribution in [0.25, 0.3) is 0 Å². The predicted octanol–water partition coefficient (Wildman–Crippen LogP) is 5.00. The van der Waals surface area contributed by atoms with Crippen LogP contribution in [-0.4, -0.2) is 16.5 Å². The van der Waals surface area contributed by atoms with E-state index in [1.807, 2.05) is 20.8 Å². The number of aromatic nitrogens is 1. The number of alkyl halides is 3. The summed E-state index contributed by atoms with van der Waals surface area (Å²) in [7, 11) is 0. The third-order valence-corrected chi connectivity index (χ3v) is 3.45. The molecule has 0 aliphatic carbocycles. The zero-order valence-corrected chi connectivity index (χ0v) is 13.4. The topological polar surface area (TPSA) is 30.0 Å². The van der Waals surface area contributed by atoms with E-state index in [4.69, 9.17) is 0 Å². The second-order valence-electron chi connectivity index (χ2n) is 4.14. The third-order valence-electron chi connectivity index (χ3n) is 2.22. The summed E-state index contributed by atoms with van der Waals surface area (Å²) in [6.07, 6.45) is -0.253. The van der Waals surface area contributed by atoms with Crippen LogP contribution in [-0.2, 0) is 11.0 Å². The molecule has 0 radical (unpaired) electrons. The second kappa shape index (κ2) is 9.60. The molecule has 2 nitrogen and oxygen atoms in total. The minimum Gasteiger partial charge on any atom is -0.295 e.